The molecule has 0 bridgehead atoms. The lowest BCUT2D eigenvalue weighted by atomic mass is 10.0. The Morgan fingerprint density at radius 2 is 1.38 bits per heavy atom. The highest BCUT2D eigenvalue weighted by molar-refractivity contribution is 7.87. The van der Waals surface area contributed by atoms with Crippen molar-refractivity contribution in [3.63, 3.8) is 0 Å². The van der Waals surface area contributed by atoms with Gasteiger partial charge in [0, 0.05) is 6.42 Å². The monoisotopic (exact) mass is 226 g/mol. The summed E-state index contributed by atoms with van der Waals surface area (Å²) in [4.78, 5) is 2.28. The molecule has 0 saturated heterocycles. The van der Waals surface area contributed by atoms with Gasteiger partial charge >= 0.3 is 0 Å². The summed E-state index contributed by atoms with van der Waals surface area (Å²) in [6, 6.07) is 16.4. The molecule has 2 aromatic carbocycles. The van der Waals surface area contributed by atoms with Crippen LogP contribution in [0.15, 0.2) is 58.3 Å². The third-order valence-electron chi connectivity index (χ3n) is 2.82. The van der Waals surface area contributed by atoms with Crippen LogP contribution in [0.2, 0.25) is 0 Å². The lowest BCUT2D eigenvalue weighted by Crippen LogP contribution is -2.09. The molecule has 0 radical (unpaired) electrons. The van der Waals surface area contributed by atoms with Gasteiger partial charge in [0.2, 0.25) is 10.7 Å². The smallest absolute Gasteiger partial charge is 0.223 e. The quantitative estimate of drug-likeness (QED) is 0.417. The molecule has 0 fully saturated rings. The van der Waals surface area contributed by atoms with Gasteiger partial charge in [0.15, 0.2) is 0 Å². The molecule has 1 aliphatic rings. The van der Waals surface area contributed by atoms with Crippen LogP contribution in [0.1, 0.15) is 11.1 Å². The topological polar surface area (TPSA) is 36.4 Å². The molecule has 1 heterocycles. The minimum Gasteiger partial charge on any atom is -0.350 e. The largest absolute Gasteiger partial charge is 0.350 e. The van der Waals surface area contributed by atoms with Crippen molar-refractivity contribution in [2.24, 2.45) is 0 Å². The number of rotatable bonds is 0. The molecule has 3 rings (SSSR count). The summed E-state index contributed by atoms with van der Waals surface area (Å²) in [5.41, 5.74) is 11.8. The van der Waals surface area contributed by atoms with Gasteiger partial charge in [-0.3, -0.25) is 0 Å². The van der Waals surface area contributed by atoms with Crippen molar-refractivity contribution in [3.05, 3.63) is 65.2 Å². The SMILES string of the molecule is [N-]=[N+]=S1c2ccccc2Cc2ccccc21. The number of hydrogen-bond donors (Lipinski definition) is 0. The van der Waals surface area contributed by atoms with E-state index in [1.165, 1.54) is 11.1 Å². The number of hydrogen-bond acceptors (Lipinski definition) is 0. The summed E-state index contributed by atoms with van der Waals surface area (Å²) < 4.78 is 3.56. The predicted molar refractivity (Wildman–Crippen MR) is 65.1 cm³/mol. The molecule has 0 spiro atoms. The van der Waals surface area contributed by atoms with Crippen molar-refractivity contribution in [1.29, 1.82) is 0 Å². The lowest BCUT2D eigenvalue weighted by Gasteiger charge is -2.15. The van der Waals surface area contributed by atoms with E-state index in [0.717, 1.165) is 16.2 Å². The lowest BCUT2D eigenvalue weighted by molar-refractivity contribution is 1.05. The van der Waals surface area contributed by atoms with Crippen molar-refractivity contribution in [2.75, 3.05) is 0 Å². The molecule has 1 aliphatic heterocycles. The van der Waals surface area contributed by atoms with E-state index in [9.17, 15) is 5.53 Å². The first kappa shape index (κ1) is 9.52. The van der Waals surface area contributed by atoms with E-state index in [1.807, 2.05) is 36.4 Å². The van der Waals surface area contributed by atoms with Crippen LogP contribution in [0, 0.1) is 0 Å². The van der Waals surface area contributed by atoms with Crippen LogP contribution in [0.3, 0.4) is 0 Å². The van der Waals surface area contributed by atoms with E-state index in [0.29, 0.717) is 0 Å². The fraction of sp³-hybridized carbons (Fsp3) is 0.0769. The van der Waals surface area contributed by atoms with Gasteiger partial charge in [0.05, 0.1) is 9.79 Å². The van der Waals surface area contributed by atoms with E-state index in [2.05, 4.69) is 16.3 Å². The summed E-state index contributed by atoms with van der Waals surface area (Å²) in [5.74, 6) is 0. The molecule has 2 nitrogen and oxygen atoms in total. The van der Waals surface area contributed by atoms with Crippen LogP contribution >= 0.6 is 0 Å². The number of nitrogens with zero attached hydrogens (tertiary/aromatic N) is 2. The Labute approximate surface area is 96.6 Å². The standard InChI is InChI=1S/C13H10N2S/c14-15-16-12-7-3-1-5-10(12)9-11-6-2-4-8-13(11)16/h1-8H,9H2. The van der Waals surface area contributed by atoms with Crippen molar-refractivity contribution >= 4 is 10.7 Å². The molecule has 0 N–H and O–H groups in total. The number of fused-ring (bicyclic) bond motifs is 2. The molecule has 78 valence electrons. The van der Waals surface area contributed by atoms with Crippen molar-refractivity contribution in [2.45, 2.75) is 16.2 Å². The fourth-order valence-electron chi connectivity index (χ4n) is 2.09. The van der Waals surface area contributed by atoms with Gasteiger partial charge in [-0.2, -0.15) is 0 Å². The molecular weight excluding hydrogens is 216 g/mol. The average molecular weight is 226 g/mol. The van der Waals surface area contributed by atoms with Gasteiger partial charge in [0.25, 0.3) is 0 Å². The second-order valence-corrected chi connectivity index (χ2v) is 5.37. The van der Waals surface area contributed by atoms with Gasteiger partial charge in [-0.05, 0) is 23.3 Å². The minimum atomic E-state index is -0.521. The molecule has 3 heteroatoms. The van der Waals surface area contributed by atoms with Crippen LogP contribution < -0.4 is 4.16 Å². The Kier molecular flexibility index (Phi) is 2.21. The predicted octanol–water partition coefficient (Wildman–Crippen LogP) is 2.90. The maximum absolute atomic E-state index is 9.22. The Morgan fingerprint density at radius 1 is 0.875 bits per heavy atom. The highest BCUT2D eigenvalue weighted by Gasteiger charge is 2.24. The van der Waals surface area contributed by atoms with Gasteiger partial charge in [-0.25, -0.2) is 0 Å². The molecule has 0 unspecified atom stereocenters. The summed E-state index contributed by atoms with van der Waals surface area (Å²) in [7, 11) is -0.521. The Bertz CT molecular complexity index is 565. The molecule has 0 aliphatic carbocycles. The van der Waals surface area contributed by atoms with Gasteiger partial charge in [0.1, 0.15) is 0 Å². The first-order valence-electron chi connectivity index (χ1n) is 5.15. The van der Waals surface area contributed by atoms with Crippen LogP contribution in [0.4, 0.5) is 0 Å². The minimum absolute atomic E-state index is 0.521. The maximum Gasteiger partial charge on any atom is 0.223 e. The first-order valence-corrected chi connectivity index (χ1v) is 6.33. The molecule has 0 aromatic heterocycles. The van der Waals surface area contributed by atoms with Crippen molar-refractivity contribution < 1.29 is 0 Å². The molecule has 0 saturated carbocycles. The Morgan fingerprint density at radius 3 is 1.88 bits per heavy atom. The van der Waals surface area contributed by atoms with Gasteiger partial charge in [-0.1, -0.05) is 36.4 Å². The number of benzene rings is 2. The Hall–Kier alpha value is -1.70. The highest BCUT2D eigenvalue weighted by Crippen LogP contribution is 2.30. The fourth-order valence-corrected chi connectivity index (χ4v) is 3.69. The van der Waals surface area contributed by atoms with E-state index < -0.39 is 10.7 Å². The van der Waals surface area contributed by atoms with Crippen LogP contribution in [0.25, 0.3) is 5.53 Å². The van der Waals surface area contributed by atoms with E-state index in [1.54, 1.807) is 0 Å². The second-order valence-electron chi connectivity index (χ2n) is 3.76. The van der Waals surface area contributed by atoms with Crippen LogP contribution in [0.5, 0.6) is 0 Å². The zero-order valence-corrected chi connectivity index (χ0v) is 9.45. The summed E-state index contributed by atoms with van der Waals surface area (Å²) >= 11 is 0. The molecule has 0 atom stereocenters. The second kappa shape index (κ2) is 3.71. The van der Waals surface area contributed by atoms with E-state index in [4.69, 9.17) is 0 Å². The zero-order chi connectivity index (χ0) is 11.0. The molecule has 0 amide bonds. The summed E-state index contributed by atoms with van der Waals surface area (Å²) in [6.45, 7) is 0. The third-order valence-corrected chi connectivity index (χ3v) is 4.62. The van der Waals surface area contributed by atoms with E-state index >= 15 is 0 Å². The average Bonchev–Trinajstić information content (AvgIpc) is 2.36. The van der Waals surface area contributed by atoms with Crippen LogP contribution in [-0.4, -0.2) is 0 Å². The first-order chi connectivity index (χ1) is 7.90. The van der Waals surface area contributed by atoms with Crippen molar-refractivity contribution in [1.82, 2.24) is 4.16 Å². The van der Waals surface area contributed by atoms with Crippen molar-refractivity contribution in [3.8, 4) is 0 Å². The summed E-state index contributed by atoms with van der Waals surface area (Å²) in [6.07, 6.45) is 0.936. The van der Waals surface area contributed by atoms with Crippen LogP contribution in [-0.2, 0) is 17.1 Å². The molecular formula is C13H10N2S. The van der Waals surface area contributed by atoms with Gasteiger partial charge < -0.3 is 5.53 Å². The van der Waals surface area contributed by atoms with E-state index in [-0.39, 0.29) is 0 Å². The van der Waals surface area contributed by atoms with Gasteiger partial charge in [-0.15, -0.1) is 4.16 Å². The summed E-state index contributed by atoms with van der Waals surface area (Å²) in [5, 5.41) is 0. The Balaban J connectivity index is 2.32. The molecule has 2 aromatic rings. The molecule has 16 heavy (non-hydrogen) atoms. The zero-order valence-electron chi connectivity index (χ0n) is 8.63. The third kappa shape index (κ3) is 1.33. The maximum atomic E-state index is 9.22. The highest BCUT2D eigenvalue weighted by atomic mass is 32.2. The normalized spacial score (nSPS) is 13.8.